The van der Waals surface area contributed by atoms with Crippen LogP contribution in [0, 0.1) is 4.77 Å². The van der Waals surface area contributed by atoms with Crippen LogP contribution < -0.4 is 0 Å². The number of imidazole rings is 1. The van der Waals surface area contributed by atoms with Gasteiger partial charge < -0.3 is 9.55 Å². The second-order valence-corrected chi connectivity index (χ2v) is 6.45. The molecule has 0 fully saturated rings. The van der Waals surface area contributed by atoms with Gasteiger partial charge in [0.05, 0.1) is 5.52 Å². The number of pyridine rings is 1. The van der Waals surface area contributed by atoms with Crippen LogP contribution in [0.4, 0.5) is 0 Å². The molecule has 0 spiro atoms. The van der Waals surface area contributed by atoms with Crippen molar-refractivity contribution in [2.24, 2.45) is 0 Å². The van der Waals surface area contributed by atoms with Gasteiger partial charge in [0.1, 0.15) is 0 Å². The van der Waals surface area contributed by atoms with E-state index in [4.69, 9.17) is 12.2 Å². The first-order valence-electron chi connectivity index (χ1n) is 5.95. The molecule has 0 aromatic carbocycles. The Labute approximate surface area is 125 Å². The Balaban J connectivity index is 2.08. The third-order valence-electron chi connectivity index (χ3n) is 2.81. The molecule has 1 N–H and O–H groups in total. The van der Waals surface area contributed by atoms with Crippen LogP contribution in [0.2, 0.25) is 0 Å². The van der Waals surface area contributed by atoms with E-state index >= 15 is 0 Å². The zero-order valence-electron chi connectivity index (χ0n) is 10.3. The van der Waals surface area contributed by atoms with Crippen molar-refractivity contribution < 1.29 is 0 Å². The van der Waals surface area contributed by atoms with Crippen LogP contribution in [0.1, 0.15) is 19.3 Å². The maximum atomic E-state index is 5.35. The topological polar surface area (TPSA) is 33.6 Å². The average Bonchev–Trinajstić information content (AvgIpc) is 2.64. The summed E-state index contributed by atoms with van der Waals surface area (Å²) in [5, 5.41) is 0. The molecule has 0 aliphatic carbocycles. The highest BCUT2D eigenvalue weighted by atomic mass is 79.9. The van der Waals surface area contributed by atoms with Crippen LogP contribution in [0.3, 0.4) is 0 Å². The predicted octanol–water partition coefficient (Wildman–Crippen LogP) is 4.39. The zero-order chi connectivity index (χ0) is 13.0. The standard InChI is InChI=1S/C12H16BrN3S2/c1-18-6-4-2-3-5-16-11-10(15-12(16)17)7-9(13)8-14-11/h7-8H,2-6H2,1H3,(H,15,17). The second-order valence-electron chi connectivity index (χ2n) is 4.16. The molecular weight excluding hydrogens is 330 g/mol. The van der Waals surface area contributed by atoms with Gasteiger partial charge in [-0.1, -0.05) is 6.42 Å². The first-order chi connectivity index (χ1) is 8.72. The summed E-state index contributed by atoms with van der Waals surface area (Å²) in [6.45, 7) is 0.946. The van der Waals surface area contributed by atoms with Gasteiger partial charge in [-0.25, -0.2) is 4.98 Å². The van der Waals surface area contributed by atoms with Crippen molar-refractivity contribution in [2.45, 2.75) is 25.8 Å². The van der Waals surface area contributed by atoms with E-state index in [9.17, 15) is 0 Å². The van der Waals surface area contributed by atoms with E-state index in [1.165, 1.54) is 18.6 Å². The Bertz CT molecular complexity index is 576. The molecule has 0 radical (unpaired) electrons. The van der Waals surface area contributed by atoms with Crippen LogP contribution in [-0.2, 0) is 6.54 Å². The van der Waals surface area contributed by atoms with Gasteiger partial charge in [-0.05, 0) is 59.1 Å². The highest BCUT2D eigenvalue weighted by Gasteiger charge is 2.05. The summed E-state index contributed by atoms with van der Waals surface area (Å²) in [7, 11) is 0. The highest BCUT2D eigenvalue weighted by molar-refractivity contribution is 9.10. The minimum atomic E-state index is 0.764. The van der Waals surface area contributed by atoms with Crippen molar-refractivity contribution in [3.8, 4) is 0 Å². The van der Waals surface area contributed by atoms with Gasteiger partial charge in [0.15, 0.2) is 10.4 Å². The molecule has 2 aromatic rings. The highest BCUT2D eigenvalue weighted by Crippen LogP contribution is 2.17. The molecule has 0 atom stereocenters. The third kappa shape index (κ3) is 3.36. The molecule has 0 saturated carbocycles. The number of halogens is 1. The van der Waals surface area contributed by atoms with Crippen LogP contribution in [0.5, 0.6) is 0 Å². The van der Waals surface area contributed by atoms with Gasteiger partial charge in [0.25, 0.3) is 0 Å². The lowest BCUT2D eigenvalue weighted by Gasteiger charge is -2.03. The molecule has 2 rings (SSSR count). The summed E-state index contributed by atoms with van der Waals surface area (Å²) in [5.74, 6) is 1.24. The Morgan fingerprint density at radius 2 is 2.28 bits per heavy atom. The van der Waals surface area contributed by atoms with E-state index in [1.807, 2.05) is 24.0 Å². The fourth-order valence-corrected chi connectivity index (χ4v) is 3.03. The molecule has 6 heteroatoms. The van der Waals surface area contributed by atoms with Gasteiger partial charge in [0, 0.05) is 17.2 Å². The fourth-order valence-electron chi connectivity index (χ4n) is 1.92. The Morgan fingerprint density at radius 1 is 1.44 bits per heavy atom. The Morgan fingerprint density at radius 3 is 3.06 bits per heavy atom. The normalized spacial score (nSPS) is 11.2. The van der Waals surface area contributed by atoms with Crippen LogP contribution in [-0.4, -0.2) is 26.5 Å². The molecule has 18 heavy (non-hydrogen) atoms. The second kappa shape index (κ2) is 6.73. The number of aromatic amines is 1. The summed E-state index contributed by atoms with van der Waals surface area (Å²) < 4.78 is 3.83. The number of unbranched alkanes of at least 4 members (excludes halogenated alkanes) is 2. The van der Waals surface area contributed by atoms with Crippen LogP contribution in [0.25, 0.3) is 11.2 Å². The number of aromatic nitrogens is 3. The molecule has 98 valence electrons. The monoisotopic (exact) mass is 345 g/mol. The number of fused-ring (bicyclic) bond motifs is 1. The number of hydrogen-bond donors (Lipinski definition) is 1. The number of nitrogens with one attached hydrogen (secondary N) is 1. The summed E-state index contributed by atoms with van der Waals surface area (Å²) >= 11 is 10.7. The van der Waals surface area contributed by atoms with Crippen molar-refractivity contribution in [3.05, 3.63) is 21.5 Å². The van der Waals surface area contributed by atoms with Crippen molar-refractivity contribution in [1.82, 2.24) is 14.5 Å². The number of aryl methyl sites for hydroxylation is 1. The molecule has 0 amide bonds. The Hall–Kier alpha value is -0.330. The lowest BCUT2D eigenvalue weighted by molar-refractivity contribution is 0.608. The first-order valence-corrected chi connectivity index (χ1v) is 8.55. The van der Waals surface area contributed by atoms with Crippen LogP contribution >= 0.6 is 39.9 Å². The lowest BCUT2D eigenvalue weighted by atomic mass is 10.2. The average molecular weight is 346 g/mol. The number of H-pyrrole nitrogens is 1. The van der Waals surface area contributed by atoms with E-state index < -0.39 is 0 Å². The fraction of sp³-hybridized carbons (Fsp3) is 0.500. The van der Waals surface area contributed by atoms with Gasteiger partial charge in [-0.3, -0.25) is 0 Å². The van der Waals surface area contributed by atoms with Crippen molar-refractivity contribution in [2.75, 3.05) is 12.0 Å². The van der Waals surface area contributed by atoms with Crippen LogP contribution in [0.15, 0.2) is 16.7 Å². The van der Waals surface area contributed by atoms with Gasteiger partial charge in [-0.15, -0.1) is 0 Å². The van der Waals surface area contributed by atoms with Gasteiger partial charge in [-0.2, -0.15) is 11.8 Å². The first kappa shape index (κ1) is 14.1. The zero-order valence-corrected chi connectivity index (χ0v) is 13.5. The molecule has 2 aromatic heterocycles. The maximum absolute atomic E-state index is 5.35. The van der Waals surface area contributed by atoms with Crippen molar-refractivity contribution >= 4 is 51.1 Å². The molecule has 0 aliphatic rings. The molecule has 0 aliphatic heterocycles. The smallest absolute Gasteiger partial charge is 0.179 e. The minimum Gasteiger partial charge on any atom is -0.329 e. The molecule has 0 unspecified atom stereocenters. The number of thioether (sulfide) groups is 1. The third-order valence-corrected chi connectivity index (χ3v) is 4.26. The van der Waals surface area contributed by atoms with Crippen molar-refractivity contribution in [1.29, 1.82) is 0 Å². The van der Waals surface area contributed by atoms with E-state index in [0.29, 0.717) is 0 Å². The van der Waals surface area contributed by atoms with Crippen molar-refractivity contribution in [3.63, 3.8) is 0 Å². The quantitative estimate of drug-likeness (QED) is 0.622. The number of nitrogens with zero attached hydrogens (tertiary/aromatic N) is 2. The summed E-state index contributed by atoms with van der Waals surface area (Å²) in [6.07, 6.45) is 7.63. The van der Waals surface area contributed by atoms with E-state index in [2.05, 4.69) is 36.7 Å². The van der Waals surface area contributed by atoms with E-state index in [0.717, 1.165) is 33.4 Å². The van der Waals surface area contributed by atoms with E-state index in [-0.39, 0.29) is 0 Å². The molecular formula is C12H16BrN3S2. The molecule has 0 bridgehead atoms. The van der Waals surface area contributed by atoms with Gasteiger partial charge in [0.2, 0.25) is 0 Å². The Kier molecular flexibility index (Phi) is 5.26. The molecule has 3 nitrogen and oxygen atoms in total. The largest absolute Gasteiger partial charge is 0.329 e. The molecule has 0 saturated heterocycles. The maximum Gasteiger partial charge on any atom is 0.179 e. The van der Waals surface area contributed by atoms with E-state index in [1.54, 1.807) is 0 Å². The SMILES string of the molecule is CSCCCCCn1c(=S)[nH]c2cc(Br)cnc21. The number of rotatable bonds is 6. The summed E-state index contributed by atoms with van der Waals surface area (Å²) in [5.41, 5.74) is 1.95. The summed E-state index contributed by atoms with van der Waals surface area (Å²) in [4.78, 5) is 7.63. The minimum absolute atomic E-state index is 0.764. The summed E-state index contributed by atoms with van der Waals surface area (Å²) in [6, 6.07) is 2.02. The predicted molar refractivity (Wildman–Crippen MR) is 84.9 cm³/mol. The van der Waals surface area contributed by atoms with Gasteiger partial charge >= 0.3 is 0 Å². The molecule has 2 heterocycles. The number of hydrogen-bond acceptors (Lipinski definition) is 3. The lowest BCUT2D eigenvalue weighted by Crippen LogP contribution is -1.99.